The Hall–Kier alpha value is -1.32. The first-order valence-electron chi connectivity index (χ1n) is 6.03. The van der Waals surface area contributed by atoms with E-state index < -0.39 is 0 Å². The highest BCUT2D eigenvalue weighted by atomic mass is 16.1. The van der Waals surface area contributed by atoms with Crippen molar-refractivity contribution in [1.82, 2.24) is 9.55 Å². The lowest BCUT2D eigenvalue weighted by molar-refractivity contribution is 0.277. The second-order valence-electron chi connectivity index (χ2n) is 5.02. The zero-order valence-electron chi connectivity index (χ0n) is 9.65. The van der Waals surface area contributed by atoms with Crippen LogP contribution in [0.1, 0.15) is 32.1 Å². The summed E-state index contributed by atoms with van der Waals surface area (Å²) in [7, 11) is 2.11. The van der Waals surface area contributed by atoms with Crippen LogP contribution in [0.2, 0.25) is 0 Å². The highest BCUT2D eigenvalue weighted by Gasteiger charge is 2.42. The number of nitrogens with zero attached hydrogens (tertiary/aromatic N) is 3. The van der Waals surface area contributed by atoms with Crippen molar-refractivity contribution in [2.75, 3.05) is 11.9 Å². The van der Waals surface area contributed by atoms with E-state index in [0.29, 0.717) is 0 Å². The van der Waals surface area contributed by atoms with Gasteiger partial charge in [0.1, 0.15) is 5.82 Å². The summed E-state index contributed by atoms with van der Waals surface area (Å²) in [6.07, 6.45) is 7.90. The third kappa shape index (κ3) is 1.22. The molecule has 1 aliphatic carbocycles. The Morgan fingerprint density at radius 3 is 2.75 bits per heavy atom. The standard InChI is InChI=1S/C12H17N3O/c1-14-10-5-8-13-11(16)15(10)9-12(14)6-3-2-4-7-12/h5,8H,2-4,6-7,9H2,1H3. The van der Waals surface area contributed by atoms with Gasteiger partial charge in [0.2, 0.25) is 0 Å². The van der Waals surface area contributed by atoms with Gasteiger partial charge in [0.05, 0.1) is 12.1 Å². The molecule has 0 unspecified atom stereocenters. The minimum atomic E-state index is -0.105. The van der Waals surface area contributed by atoms with Gasteiger partial charge in [0, 0.05) is 13.2 Å². The molecule has 1 aromatic heterocycles. The Morgan fingerprint density at radius 2 is 2.06 bits per heavy atom. The summed E-state index contributed by atoms with van der Waals surface area (Å²) in [6, 6.07) is 1.95. The summed E-state index contributed by atoms with van der Waals surface area (Å²) in [5, 5.41) is 0. The number of rotatable bonds is 0. The van der Waals surface area contributed by atoms with Crippen molar-refractivity contribution in [3.05, 3.63) is 22.7 Å². The van der Waals surface area contributed by atoms with Crippen LogP contribution in [0, 0.1) is 0 Å². The molecular formula is C12H17N3O. The summed E-state index contributed by atoms with van der Waals surface area (Å²) in [5.41, 5.74) is 0.0831. The van der Waals surface area contributed by atoms with Gasteiger partial charge in [-0.05, 0) is 18.9 Å². The zero-order chi connectivity index (χ0) is 11.2. The van der Waals surface area contributed by atoms with E-state index in [1.807, 2.05) is 10.6 Å². The number of likely N-dealkylation sites (N-methyl/N-ethyl adjacent to an activating group) is 1. The van der Waals surface area contributed by atoms with Gasteiger partial charge in [-0.3, -0.25) is 4.57 Å². The first-order chi connectivity index (χ1) is 7.73. The largest absolute Gasteiger partial charge is 0.353 e. The third-order valence-corrected chi connectivity index (χ3v) is 4.21. The fourth-order valence-electron chi connectivity index (χ4n) is 3.21. The topological polar surface area (TPSA) is 38.1 Å². The van der Waals surface area contributed by atoms with Gasteiger partial charge >= 0.3 is 5.69 Å². The van der Waals surface area contributed by atoms with Crippen LogP contribution in [0.15, 0.2) is 17.1 Å². The van der Waals surface area contributed by atoms with Crippen LogP contribution in [0.3, 0.4) is 0 Å². The molecule has 0 N–H and O–H groups in total. The molecule has 0 saturated heterocycles. The van der Waals surface area contributed by atoms with Gasteiger partial charge in [-0.25, -0.2) is 9.78 Å². The van der Waals surface area contributed by atoms with Crippen molar-refractivity contribution >= 4 is 5.82 Å². The predicted octanol–water partition coefficient (Wildman–Crippen LogP) is 1.40. The molecule has 1 aromatic rings. The summed E-state index contributed by atoms with van der Waals surface area (Å²) in [5.74, 6) is 1.03. The van der Waals surface area contributed by atoms with Crippen molar-refractivity contribution in [3.8, 4) is 0 Å². The van der Waals surface area contributed by atoms with Crippen molar-refractivity contribution in [3.63, 3.8) is 0 Å². The summed E-state index contributed by atoms with van der Waals surface area (Å²) < 4.78 is 1.82. The number of aromatic nitrogens is 2. The van der Waals surface area contributed by atoms with Crippen LogP contribution in [-0.2, 0) is 6.54 Å². The van der Waals surface area contributed by atoms with Crippen LogP contribution >= 0.6 is 0 Å². The normalized spacial score (nSPS) is 22.4. The van der Waals surface area contributed by atoms with Crippen LogP contribution in [0.4, 0.5) is 5.82 Å². The minimum Gasteiger partial charge on any atom is -0.353 e. The second-order valence-corrected chi connectivity index (χ2v) is 5.02. The molecule has 16 heavy (non-hydrogen) atoms. The Morgan fingerprint density at radius 1 is 1.31 bits per heavy atom. The molecule has 0 radical (unpaired) electrons. The Balaban J connectivity index is 2.05. The van der Waals surface area contributed by atoms with Crippen LogP contribution in [0.25, 0.3) is 0 Å². The molecule has 0 bridgehead atoms. The van der Waals surface area contributed by atoms with Crippen molar-refractivity contribution in [2.45, 2.75) is 44.2 Å². The fraction of sp³-hybridized carbons (Fsp3) is 0.667. The number of hydrogen-bond acceptors (Lipinski definition) is 3. The Labute approximate surface area is 94.9 Å². The van der Waals surface area contributed by atoms with Crippen molar-refractivity contribution in [1.29, 1.82) is 0 Å². The molecule has 1 spiro atoms. The number of anilines is 1. The van der Waals surface area contributed by atoms with Crippen LogP contribution < -0.4 is 10.6 Å². The van der Waals surface area contributed by atoms with E-state index in [1.54, 1.807) is 6.20 Å². The lowest BCUT2D eigenvalue weighted by Crippen LogP contribution is -2.46. The maximum absolute atomic E-state index is 11.7. The average Bonchev–Trinajstić information content (AvgIpc) is 2.57. The quantitative estimate of drug-likeness (QED) is 0.662. The fourth-order valence-corrected chi connectivity index (χ4v) is 3.21. The average molecular weight is 219 g/mol. The van der Waals surface area contributed by atoms with Crippen LogP contribution in [-0.4, -0.2) is 22.1 Å². The summed E-state index contributed by atoms with van der Waals surface area (Å²) in [6.45, 7) is 0.825. The SMILES string of the molecule is CN1c2ccnc(=O)n2CC12CCCCC2. The monoisotopic (exact) mass is 219 g/mol. The minimum absolute atomic E-state index is 0.105. The molecule has 4 heteroatoms. The molecule has 2 heterocycles. The summed E-state index contributed by atoms with van der Waals surface area (Å²) >= 11 is 0. The van der Waals surface area contributed by atoms with E-state index in [0.717, 1.165) is 12.4 Å². The summed E-state index contributed by atoms with van der Waals surface area (Å²) in [4.78, 5) is 17.9. The molecule has 1 aliphatic heterocycles. The van der Waals surface area contributed by atoms with Crippen LogP contribution in [0.5, 0.6) is 0 Å². The lowest BCUT2D eigenvalue weighted by atomic mass is 9.81. The van der Waals surface area contributed by atoms with Gasteiger partial charge in [-0.2, -0.15) is 0 Å². The zero-order valence-corrected chi connectivity index (χ0v) is 9.65. The predicted molar refractivity (Wildman–Crippen MR) is 62.7 cm³/mol. The molecular weight excluding hydrogens is 202 g/mol. The molecule has 3 rings (SSSR count). The smallest absolute Gasteiger partial charge is 0.349 e. The number of fused-ring (bicyclic) bond motifs is 1. The van der Waals surface area contributed by atoms with Crippen molar-refractivity contribution in [2.24, 2.45) is 0 Å². The first-order valence-corrected chi connectivity index (χ1v) is 6.03. The Bertz CT molecular complexity index is 460. The first kappa shape index (κ1) is 9.87. The van der Waals surface area contributed by atoms with Crippen molar-refractivity contribution < 1.29 is 0 Å². The molecule has 4 nitrogen and oxygen atoms in total. The molecule has 0 atom stereocenters. The Kier molecular flexibility index (Phi) is 2.06. The number of hydrogen-bond donors (Lipinski definition) is 0. The lowest BCUT2D eigenvalue weighted by Gasteiger charge is -2.39. The maximum Gasteiger partial charge on any atom is 0.349 e. The molecule has 0 aromatic carbocycles. The molecule has 1 saturated carbocycles. The van der Waals surface area contributed by atoms with E-state index in [2.05, 4.69) is 16.9 Å². The maximum atomic E-state index is 11.7. The highest BCUT2D eigenvalue weighted by Crippen LogP contribution is 2.40. The van der Waals surface area contributed by atoms with E-state index >= 15 is 0 Å². The van der Waals surface area contributed by atoms with E-state index in [-0.39, 0.29) is 11.2 Å². The molecule has 86 valence electrons. The van der Waals surface area contributed by atoms with E-state index in [9.17, 15) is 4.79 Å². The second kappa shape index (κ2) is 3.34. The van der Waals surface area contributed by atoms with Gasteiger partial charge in [0.15, 0.2) is 0 Å². The third-order valence-electron chi connectivity index (χ3n) is 4.21. The highest BCUT2D eigenvalue weighted by molar-refractivity contribution is 5.45. The van der Waals surface area contributed by atoms with Gasteiger partial charge < -0.3 is 4.90 Å². The molecule has 1 fully saturated rings. The van der Waals surface area contributed by atoms with Gasteiger partial charge in [0.25, 0.3) is 0 Å². The van der Waals surface area contributed by atoms with E-state index in [4.69, 9.17) is 0 Å². The van der Waals surface area contributed by atoms with Gasteiger partial charge in [-0.1, -0.05) is 19.3 Å². The van der Waals surface area contributed by atoms with E-state index in [1.165, 1.54) is 32.1 Å². The van der Waals surface area contributed by atoms with Gasteiger partial charge in [-0.15, -0.1) is 0 Å². The molecule has 2 aliphatic rings. The molecule has 0 amide bonds.